The van der Waals surface area contributed by atoms with Gasteiger partial charge in [0.2, 0.25) is 10.0 Å². The molecule has 2 aromatic carbocycles. The van der Waals surface area contributed by atoms with Crippen LogP contribution in [0.15, 0.2) is 53.7 Å². The normalized spacial score (nSPS) is 17.9. The lowest BCUT2D eigenvalue weighted by atomic mass is 9.86. The van der Waals surface area contributed by atoms with Gasteiger partial charge in [-0.15, -0.1) is 0 Å². The lowest BCUT2D eigenvalue weighted by Crippen LogP contribution is -2.23. The minimum Gasteiger partial charge on any atom is -0.319 e. The van der Waals surface area contributed by atoms with Crippen molar-refractivity contribution in [3.63, 3.8) is 0 Å². The summed E-state index contributed by atoms with van der Waals surface area (Å²) in [5.41, 5.74) is 3.71. The Bertz CT molecular complexity index is 1240. The molecule has 2 atom stereocenters. The molecule has 0 radical (unpaired) electrons. The first-order chi connectivity index (χ1) is 15.7. The number of halogens is 2. The Morgan fingerprint density at radius 3 is 2.76 bits per heavy atom. The summed E-state index contributed by atoms with van der Waals surface area (Å²) in [7, 11) is -1.88. The van der Waals surface area contributed by atoms with E-state index in [0.717, 1.165) is 29.7 Å². The van der Waals surface area contributed by atoms with Gasteiger partial charge < -0.3 is 5.32 Å². The molecule has 0 spiro atoms. The number of hydrogen-bond acceptors (Lipinski definition) is 4. The molecule has 1 heterocycles. The van der Waals surface area contributed by atoms with Crippen molar-refractivity contribution in [3.8, 4) is 0 Å². The van der Waals surface area contributed by atoms with E-state index in [2.05, 4.69) is 10.4 Å². The van der Waals surface area contributed by atoms with Crippen LogP contribution in [0.1, 0.15) is 34.6 Å². The first-order valence-electron chi connectivity index (χ1n) is 11.0. The SMILES string of the molecule is CNCC1Cc2cc(F)c(CCCn3cc(S(N)(=O)=O)cn3)cc2C1Cc1cccc(F)c1. The topological polar surface area (TPSA) is 90.0 Å². The fourth-order valence-electron chi connectivity index (χ4n) is 4.79. The molecule has 3 aromatic rings. The fraction of sp³-hybridized carbons (Fsp3) is 0.375. The molecular weight excluding hydrogens is 446 g/mol. The summed E-state index contributed by atoms with van der Waals surface area (Å²) in [5.74, 6) is 0.00890. The van der Waals surface area contributed by atoms with Crippen molar-refractivity contribution < 1.29 is 17.2 Å². The van der Waals surface area contributed by atoms with Crippen molar-refractivity contribution in [1.82, 2.24) is 15.1 Å². The van der Waals surface area contributed by atoms with Crippen molar-refractivity contribution in [2.45, 2.75) is 43.0 Å². The molecule has 0 bridgehead atoms. The number of nitrogens with one attached hydrogen (secondary N) is 1. The van der Waals surface area contributed by atoms with Crippen LogP contribution >= 0.6 is 0 Å². The molecule has 6 nitrogen and oxygen atoms in total. The molecule has 2 unspecified atom stereocenters. The minimum atomic E-state index is -3.79. The van der Waals surface area contributed by atoms with Crippen LogP contribution in [0.5, 0.6) is 0 Å². The Morgan fingerprint density at radius 2 is 2.06 bits per heavy atom. The van der Waals surface area contributed by atoms with Crippen LogP contribution in [0.25, 0.3) is 0 Å². The van der Waals surface area contributed by atoms with Gasteiger partial charge in [-0.1, -0.05) is 18.2 Å². The van der Waals surface area contributed by atoms with E-state index in [0.29, 0.717) is 37.3 Å². The Kier molecular flexibility index (Phi) is 6.92. The molecule has 9 heteroatoms. The van der Waals surface area contributed by atoms with Gasteiger partial charge in [-0.05, 0) is 91.6 Å². The molecule has 1 aliphatic carbocycles. The first-order valence-corrected chi connectivity index (χ1v) is 12.5. The van der Waals surface area contributed by atoms with Gasteiger partial charge in [-0.25, -0.2) is 22.3 Å². The number of benzene rings is 2. The summed E-state index contributed by atoms with van der Waals surface area (Å²) in [6.45, 7) is 1.25. The molecule has 3 N–H and O–H groups in total. The summed E-state index contributed by atoms with van der Waals surface area (Å²) >= 11 is 0. The highest BCUT2D eigenvalue weighted by atomic mass is 32.2. The highest BCUT2D eigenvalue weighted by molar-refractivity contribution is 7.89. The minimum absolute atomic E-state index is 0.0398. The van der Waals surface area contributed by atoms with E-state index in [-0.39, 0.29) is 22.4 Å². The summed E-state index contributed by atoms with van der Waals surface area (Å²) in [6.07, 6.45) is 5.17. The maximum Gasteiger partial charge on any atom is 0.241 e. The molecule has 4 rings (SSSR count). The van der Waals surface area contributed by atoms with E-state index >= 15 is 0 Å². The fourth-order valence-corrected chi connectivity index (χ4v) is 5.25. The zero-order valence-electron chi connectivity index (χ0n) is 18.5. The predicted octanol–water partition coefficient (Wildman–Crippen LogP) is 3.16. The maximum atomic E-state index is 14.9. The number of primary sulfonamides is 1. The van der Waals surface area contributed by atoms with E-state index in [1.807, 2.05) is 19.2 Å². The number of hydrogen-bond donors (Lipinski definition) is 2. The zero-order valence-corrected chi connectivity index (χ0v) is 19.3. The van der Waals surface area contributed by atoms with Crippen LogP contribution in [-0.2, 0) is 35.8 Å². The van der Waals surface area contributed by atoms with E-state index in [1.165, 1.54) is 23.1 Å². The van der Waals surface area contributed by atoms with Crippen molar-refractivity contribution in [3.05, 3.63) is 82.7 Å². The molecular formula is C24H28F2N4O2S. The van der Waals surface area contributed by atoms with Crippen molar-refractivity contribution in [1.29, 1.82) is 0 Å². The molecule has 33 heavy (non-hydrogen) atoms. The van der Waals surface area contributed by atoms with Gasteiger partial charge in [-0.3, -0.25) is 4.68 Å². The van der Waals surface area contributed by atoms with Gasteiger partial charge in [-0.2, -0.15) is 5.10 Å². The van der Waals surface area contributed by atoms with Gasteiger partial charge in [0, 0.05) is 12.7 Å². The standard InChI is InChI=1S/C24H28F2N4O2S/c1-28-13-19-10-18-12-24(26)17(5-3-7-30-15-21(14-29-30)33(27,31)32)11-23(18)22(19)9-16-4-2-6-20(25)8-16/h2,4,6,8,11-12,14-15,19,22,28H,3,5,7,9-10,13H2,1H3,(H2,27,31,32). The predicted molar refractivity (Wildman–Crippen MR) is 122 cm³/mol. The maximum absolute atomic E-state index is 14.9. The van der Waals surface area contributed by atoms with Crippen LogP contribution in [0.3, 0.4) is 0 Å². The number of fused-ring (bicyclic) bond motifs is 1. The van der Waals surface area contributed by atoms with Crippen LogP contribution in [0, 0.1) is 17.6 Å². The average molecular weight is 475 g/mol. The van der Waals surface area contributed by atoms with E-state index in [4.69, 9.17) is 5.14 Å². The molecule has 176 valence electrons. The quantitative estimate of drug-likeness (QED) is 0.499. The van der Waals surface area contributed by atoms with Gasteiger partial charge >= 0.3 is 0 Å². The molecule has 0 saturated heterocycles. The van der Waals surface area contributed by atoms with E-state index in [9.17, 15) is 17.2 Å². The Morgan fingerprint density at radius 1 is 1.24 bits per heavy atom. The third kappa shape index (κ3) is 5.48. The second-order valence-corrected chi connectivity index (χ2v) is 10.3. The second kappa shape index (κ2) is 9.70. The van der Waals surface area contributed by atoms with Gasteiger partial charge in [0.15, 0.2) is 0 Å². The summed E-state index contributed by atoms with van der Waals surface area (Å²) in [4.78, 5) is -0.0398. The highest BCUT2D eigenvalue weighted by Gasteiger charge is 2.33. The lowest BCUT2D eigenvalue weighted by molar-refractivity contribution is 0.435. The number of nitrogens with two attached hydrogens (primary N) is 1. The average Bonchev–Trinajstić information content (AvgIpc) is 3.34. The molecule has 0 saturated carbocycles. The number of rotatable bonds is 9. The van der Waals surface area contributed by atoms with Crippen molar-refractivity contribution in [2.24, 2.45) is 11.1 Å². The number of aromatic nitrogens is 2. The van der Waals surface area contributed by atoms with Crippen LogP contribution in [-0.4, -0.2) is 31.8 Å². The summed E-state index contributed by atoms with van der Waals surface area (Å²) < 4.78 is 52.9. The van der Waals surface area contributed by atoms with Crippen LogP contribution in [0.2, 0.25) is 0 Å². The highest BCUT2D eigenvalue weighted by Crippen LogP contribution is 2.41. The third-order valence-corrected chi connectivity index (χ3v) is 7.21. The third-order valence-electron chi connectivity index (χ3n) is 6.34. The largest absolute Gasteiger partial charge is 0.319 e. The van der Waals surface area contributed by atoms with Crippen LogP contribution in [0.4, 0.5) is 8.78 Å². The molecule has 0 fully saturated rings. The molecule has 0 aliphatic heterocycles. The summed E-state index contributed by atoms with van der Waals surface area (Å²) in [6, 6.07) is 10.3. The monoisotopic (exact) mass is 474 g/mol. The first kappa shape index (κ1) is 23.5. The van der Waals surface area contributed by atoms with Gasteiger partial charge in [0.1, 0.15) is 16.5 Å². The Labute approximate surface area is 192 Å². The Balaban J connectivity index is 1.51. The van der Waals surface area contributed by atoms with Crippen LogP contribution < -0.4 is 10.5 Å². The second-order valence-electron chi connectivity index (χ2n) is 8.69. The number of sulfonamides is 1. The number of aryl methyl sites for hydroxylation is 2. The van der Waals surface area contributed by atoms with Crippen molar-refractivity contribution >= 4 is 10.0 Å². The zero-order chi connectivity index (χ0) is 23.6. The molecule has 1 aromatic heterocycles. The summed E-state index contributed by atoms with van der Waals surface area (Å²) in [5, 5.41) is 12.4. The molecule has 0 amide bonds. The van der Waals surface area contributed by atoms with E-state index in [1.54, 1.807) is 18.2 Å². The van der Waals surface area contributed by atoms with E-state index < -0.39 is 10.0 Å². The van der Waals surface area contributed by atoms with Crippen molar-refractivity contribution in [2.75, 3.05) is 13.6 Å². The van der Waals surface area contributed by atoms with Gasteiger partial charge in [0.05, 0.1) is 6.20 Å². The number of nitrogens with zero attached hydrogens (tertiary/aromatic N) is 2. The van der Waals surface area contributed by atoms with Gasteiger partial charge in [0.25, 0.3) is 0 Å². The Hall–Kier alpha value is -2.62. The lowest BCUT2D eigenvalue weighted by Gasteiger charge is -2.21. The molecule has 1 aliphatic rings. The smallest absolute Gasteiger partial charge is 0.241 e.